The van der Waals surface area contributed by atoms with Gasteiger partial charge in [0.25, 0.3) is 0 Å². The molecule has 3 rings (SSSR count). The molecule has 0 atom stereocenters. The Hall–Kier alpha value is -0.940. The predicted octanol–water partition coefficient (Wildman–Crippen LogP) is 2.85. The highest BCUT2D eigenvalue weighted by Crippen LogP contribution is 2.42. The maximum atomic E-state index is 6.50. The summed E-state index contributed by atoms with van der Waals surface area (Å²) in [7, 11) is 1.74. The van der Waals surface area contributed by atoms with Crippen molar-refractivity contribution < 1.29 is 9.26 Å². The average molecular weight is 279 g/mol. The molecule has 2 aliphatic rings. The number of hydrogen-bond acceptors (Lipinski definition) is 5. The Morgan fingerprint density at radius 1 is 1.20 bits per heavy atom. The van der Waals surface area contributed by atoms with Gasteiger partial charge in [-0.1, -0.05) is 12.1 Å². The third kappa shape index (κ3) is 2.27. The van der Waals surface area contributed by atoms with E-state index in [1.165, 1.54) is 0 Å². The zero-order valence-corrected chi connectivity index (χ0v) is 12.5. The van der Waals surface area contributed by atoms with E-state index in [1.807, 2.05) is 0 Å². The Balaban J connectivity index is 1.83. The Labute approximate surface area is 120 Å². The van der Waals surface area contributed by atoms with Crippen LogP contribution in [0, 0.1) is 5.92 Å². The van der Waals surface area contributed by atoms with Gasteiger partial charge in [0.2, 0.25) is 11.7 Å². The van der Waals surface area contributed by atoms with E-state index in [0.717, 1.165) is 57.3 Å². The first-order valence-electron chi connectivity index (χ1n) is 7.77. The average Bonchev–Trinajstić information content (AvgIpc) is 3.11. The van der Waals surface area contributed by atoms with Crippen molar-refractivity contribution in [3.8, 4) is 0 Å². The fourth-order valence-electron chi connectivity index (χ4n) is 3.57. The van der Waals surface area contributed by atoms with Crippen molar-refractivity contribution in [2.45, 2.75) is 69.4 Å². The number of hydrogen-bond donors (Lipinski definition) is 1. The molecule has 112 valence electrons. The van der Waals surface area contributed by atoms with Crippen molar-refractivity contribution in [1.82, 2.24) is 10.1 Å². The molecule has 0 bridgehead atoms. The number of ether oxygens (including phenoxy) is 1. The Morgan fingerprint density at radius 2 is 1.85 bits per heavy atom. The molecule has 0 spiro atoms. The van der Waals surface area contributed by atoms with E-state index in [-0.39, 0.29) is 5.60 Å². The molecule has 5 nitrogen and oxygen atoms in total. The van der Waals surface area contributed by atoms with Crippen LogP contribution >= 0.6 is 0 Å². The normalized spacial score (nSPS) is 33.5. The van der Waals surface area contributed by atoms with Gasteiger partial charge >= 0.3 is 0 Å². The first kappa shape index (κ1) is 14.0. The van der Waals surface area contributed by atoms with Crippen LogP contribution < -0.4 is 5.73 Å². The molecule has 0 saturated heterocycles. The molecule has 0 amide bonds. The number of nitrogens with two attached hydrogens (primary N) is 1. The third-order valence-corrected chi connectivity index (χ3v) is 5.23. The van der Waals surface area contributed by atoms with Crippen LogP contribution in [0.2, 0.25) is 0 Å². The standard InChI is InChI=1S/C15H25N3O2/c1-11-5-9-14(16,10-6-11)13-17-12(18-20-13)15(19-2)7-3-4-8-15/h11H,3-10,16H2,1-2H3. The van der Waals surface area contributed by atoms with E-state index in [1.54, 1.807) is 7.11 Å². The van der Waals surface area contributed by atoms with Gasteiger partial charge in [-0.05, 0) is 57.3 Å². The zero-order valence-electron chi connectivity index (χ0n) is 12.5. The van der Waals surface area contributed by atoms with Crippen LogP contribution in [-0.2, 0) is 15.9 Å². The van der Waals surface area contributed by atoms with Crippen molar-refractivity contribution in [3.05, 3.63) is 11.7 Å². The molecule has 0 unspecified atom stereocenters. The summed E-state index contributed by atoms with van der Waals surface area (Å²) in [5, 5.41) is 4.19. The van der Waals surface area contributed by atoms with Crippen LogP contribution in [0.15, 0.2) is 4.52 Å². The number of aromatic nitrogens is 2. The van der Waals surface area contributed by atoms with Crippen LogP contribution in [0.1, 0.15) is 70.0 Å². The Bertz CT molecular complexity index is 457. The molecule has 0 aromatic carbocycles. The van der Waals surface area contributed by atoms with Crippen molar-refractivity contribution in [2.75, 3.05) is 7.11 Å². The lowest BCUT2D eigenvalue weighted by Gasteiger charge is -2.32. The van der Waals surface area contributed by atoms with Crippen molar-refractivity contribution >= 4 is 0 Å². The van der Waals surface area contributed by atoms with E-state index in [2.05, 4.69) is 17.1 Å². The van der Waals surface area contributed by atoms with Gasteiger partial charge in [0.15, 0.2) is 0 Å². The van der Waals surface area contributed by atoms with Crippen LogP contribution in [0.4, 0.5) is 0 Å². The molecule has 20 heavy (non-hydrogen) atoms. The summed E-state index contributed by atoms with van der Waals surface area (Å²) in [5.74, 6) is 2.04. The van der Waals surface area contributed by atoms with Gasteiger partial charge in [-0.3, -0.25) is 0 Å². The van der Waals surface area contributed by atoms with E-state index in [0.29, 0.717) is 11.7 Å². The molecule has 1 aromatic heterocycles. The minimum Gasteiger partial charge on any atom is -0.370 e. The van der Waals surface area contributed by atoms with Gasteiger partial charge in [0.1, 0.15) is 5.60 Å². The van der Waals surface area contributed by atoms with Crippen LogP contribution in [-0.4, -0.2) is 17.3 Å². The molecular formula is C15H25N3O2. The van der Waals surface area contributed by atoms with Gasteiger partial charge in [0, 0.05) is 7.11 Å². The monoisotopic (exact) mass is 279 g/mol. The molecule has 2 saturated carbocycles. The largest absolute Gasteiger partial charge is 0.370 e. The first-order chi connectivity index (χ1) is 9.58. The van der Waals surface area contributed by atoms with Crippen molar-refractivity contribution in [2.24, 2.45) is 11.7 Å². The summed E-state index contributed by atoms with van der Waals surface area (Å²) in [4.78, 5) is 4.63. The second-order valence-electron chi connectivity index (χ2n) is 6.67. The molecule has 1 aromatic rings. The maximum absolute atomic E-state index is 6.50. The lowest BCUT2D eigenvalue weighted by Crippen LogP contribution is -2.40. The second kappa shape index (κ2) is 5.11. The van der Waals surface area contributed by atoms with E-state index in [9.17, 15) is 0 Å². The smallest absolute Gasteiger partial charge is 0.246 e. The first-order valence-corrected chi connectivity index (χ1v) is 7.77. The lowest BCUT2D eigenvalue weighted by atomic mass is 9.78. The van der Waals surface area contributed by atoms with Crippen LogP contribution in [0.3, 0.4) is 0 Å². The van der Waals surface area contributed by atoms with Gasteiger partial charge in [-0.15, -0.1) is 0 Å². The van der Waals surface area contributed by atoms with E-state index in [4.69, 9.17) is 15.0 Å². The lowest BCUT2D eigenvalue weighted by molar-refractivity contribution is -0.0178. The topological polar surface area (TPSA) is 74.2 Å². The Kier molecular flexibility index (Phi) is 3.58. The summed E-state index contributed by atoms with van der Waals surface area (Å²) in [6.45, 7) is 2.28. The zero-order chi connectivity index (χ0) is 14.2. The minimum absolute atomic E-state index is 0.347. The number of nitrogens with zero attached hydrogens (tertiary/aromatic N) is 2. The Morgan fingerprint density at radius 3 is 2.45 bits per heavy atom. The molecule has 0 aliphatic heterocycles. The van der Waals surface area contributed by atoms with E-state index >= 15 is 0 Å². The fourth-order valence-corrected chi connectivity index (χ4v) is 3.57. The quantitative estimate of drug-likeness (QED) is 0.921. The van der Waals surface area contributed by atoms with Gasteiger partial charge in [-0.2, -0.15) is 4.98 Å². The van der Waals surface area contributed by atoms with Crippen LogP contribution in [0.25, 0.3) is 0 Å². The summed E-state index contributed by atoms with van der Waals surface area (Å²) in [5.41, 5.74) is 5.72. The van der Waals surface area contributed by atoms with Crippen molar-refractivity contribution in [1.29, 1.82) is 0 Å². The maximum Gasteiger partial charge on any atom is 0.246 e. The van der Waals surface area contributed by atoms with Gasteiger partial charge in [0.05, 0.1) is 5.54 Å². The summed E-state index contributed by atoms with van der Waals surface area (Å²) >= 11 is 0. The minimum atomic E-state index is -0.439. The third-order valence-electron chi connectivity index (χ3n) is 5.23. The highest BCUT2D eigenvalue weighted by Gasteiger charge is 2.43. The number of methoxy groups -OCH3 is 1. The SMILES string of the molecule is COC1(c2noc(C3(N)CCC(C)CC3)n2)CCCC1. The molecule has 1 heterocycles. The molecule has 5 heteroatoms. The van der Waals surface area contributed by atoms with Gasteiger partial charge < -0.3 is 15.0 Å². The van der Waals surface area contributed by atoms with Crippen molar-refractivity contribution in [3.63, 3.8) is 0 Å². The highest BCUT2D eigenvalue weighted by molar-refractivity contribution is 5.10. The van der Waals surface area contributed by atoms with Crippen LogP contribution in [0.5, 0.6) is 0 Å². The molecule has 2 N–H and O–H groups in total. The fraction of sp³-hybridized carbons (Fsp3) is 0.867. The predicted molar refractivity (Wildman–Crippen MR) is 75.0 cm³/mol. The van der Waals surface area contributed by atoms with Gasteiger partial charge in [-0.25, -0.2) is 0 Å². The number of rotatable bonds is 3. The summed E-state index contributed by atoms with van der Waals surface area (Å²) < 4.78 is 11.2. The summed E-state index contributed by atoms with van der Waals surface area (Å²) in [6, 6.07) is 0. The highest BCUT2D eigenvalue weighted by atomic mass is 16.5. The second-order valence-corrected chi connectivity index (χ2v) is 6.67. The molecule has 2 aliphatic carbocycles. The summed E-state index contributed by atoms with van der Waals surface area (Å²) in [6.07, 6.45) is 8.36. The van der Waals surface area contributed by atoms with E-state index < -0.39 is 5.54 Å². The molecular weight excluding hydrogens is 254 g/mol. The molecule has 0 radical (unpaired) electrons. The molecule has 2 fully saturated rings.